The topological polar surface area (TPSA) is 0 Å². The summed E-state index contributed by atoms with van der Waals surface area (Å²) in [6.45, 7) is 4.51. The molecule has 0 spiro atoms. The molecule has 0 heterocycles. The van der Waals surface area contributed by atoms with Gasteiger partial charge in [0.25, 0.3) is 0 Å². The van der Waals surface area contributed by atoms with Crippen molar-refractivity contribution in [3.05, 3.63) is 0 Å². The molecule has 0 unspecified atom stereocenters. The average molecular weight is 269 g/mol. The zero-order chi connectivity index (χ0) is 14.0. The molecule has 116 valence electrons. The average Bonchev–Trinajstić information content (AvgIpc) is 3.06. The number of unbranched alkanes of at least 4 members (excludes halogenated alkanes) is 5. The van der Waals surface area contributed by atoms with Gasteiger partial charge in [-0.2, -0.15) is 0 Å². The maximum Gasteiger partial charge on any atom is -0.0533 e. The minimum Gasteiger partial charge on any atom is -0.0654 e. The Balaban J connectivity index is 0.000000262. The van der Waals surface area contributed by atoms with Crippen molar-refractivity contribution in [1.82, 2.24) is 0 Å². The van der Waals surface area contributed by atoms with Crippen LogP contribution in [0.2, 0.25) is 0 Å². The number of rotatable bonds is 5. The quantitative estimate of drug-likeness (QED) is 0.449. The lowest BCUT2D eigenvalue weighted by Gasteiger charge is -2.05. The van der Waals surface area contributed by atoms with Crippen molar-refractivity contribution in [2.45, 2.75) is 123 Å². The fourth-order valence-electron chi connectivity index (χ4n) is 2.80. The van der Waals surface area contributed by atoms with Crippen LogP contribution in [0.4, 0.5) is 0 Å². The fraction of sp³-hybridized carbons (Fsp3) is 1.00. The molecule has 0 saturated heterocycles. The minimum absolute atomic E-state index is 1.36. The zero-order valence-corrected chi connectivity index (χ0v) is 14.0. The molecule has 0 atom stereocenters. The van der Waals surface area contributed by atoms with Gasteiger partial charge in [0.2, 0.25) is 0 Å². The lowest BCUT2D eigenvalue weighted by atomic mass is 10.0. The molecule has 0 radical (unpaired) electrons. The third kappa shape index (κ3) is 18.0. The lowest BCUT2D eigenvalue weighted by molar-refractivity contribution is 0.504. The van der Waals surface area contributed by atoms with Crippen LogP contribution in [0.15, 0.2) is 0 Å². The van der Waals surface area contributed by atoms with Crippen molar-refractivity contribution in [1.29, 1.82) is 0 Å². The summed E-state index contributed by atoms with van der Waals surface area (Å²) in [5.41, 5.74) is 0. The fourth-order valence-corrected chi connectivity index (χ4v) is 2.80. The summed E-state index contributed by atoms with van der Waals surface area (Å²) in [7, 11) is 0. The monoisotopic (exact) mass is 268 g/mol. The van der Waals surface area contributed by atoms with Gasteiger partial charge in [-0.25, -0.2) is 0 Å². The van der Waals surface area contributed by atoms with Gasteiger partial charge in [0, 0.05) is 0 Å². The Hall–Kier alpha value is 0. The Bertz CT molecular complexity index is 106. The molecule has 2 fully saturated rings. The van der Waals surface area contributed by atoms with E-state index in [2.05, 4.69) is 13.8 Å². The molecule has 2 aliphatic carbocycles. The first-order chi connectivity index (χ1) is 9.41. The van der Waals surface area contributed by atoms with E-state index in [1.54, 1.807) is 0 Å². The Morgan fingerprint density at radius 1 is 0.368 bits per heavy atom. The summed E-state index contributed by atoms with van der Waals surface area (Å²) in [5.74, 6) is 0. The van der Waals surface area contributed by atoms with E-state index in [4.69, 9.17) is 0 Å². The maximum absolute atomic E-state index is 2.26. The van der Waals surface area contributed by atoms with E-state index in [0.717, 1.165) is 0 Å². The summed E-state index contributed by atoms with van der Waals surface area (Å²) in [6.07, 6.45) is 25.0. The van der Waals surface area contributed by atoms with E-state index in [1.165, 1.54) is 109 Å². The first kappa shape index (κ1) is 19.0. The molecule has 0 aromatic rings. The second kappa shape index (κ2) is 18.0. The van der Waals surface area contributed by atoms with Crippen LogP contribution in [-0.4, -0.2) is 0 Å². The molecule has 2 aliphatic rings. The van der Waals surface area contributed by atoms with Crippen LogP contribution in [0.3, 0.4) is 0 Å². The van der Waals surface area contributed by atoms with Crippen molar-refractivity contribution in [3.8, 4) is 0 Å². The van der Waals surface area contributed by atoms with Crippen LogP contribution in [0.5, 0.6) is 0 Å². The van der Waals surface area contributed by atoms with Gasteiger partial charge >= 0.3 is 0 Å². The van der Waals surface area contributed by atoms with Crippen molar-refractivity contribution in [2.24, 2.45) is 0 Å². The van der Waals surface area contributed by atoms with Crippen molar-refractivity contribution in [2.75, 3.05) is 0 Å². The SMILES string of the molecule is C1CCCC1.C1CCCCC1.CCCCCCCC. The number of hydrogen-bond acceptors (Lipinski definition) is 0. The molecular formula is C19H40. The minimum atomic E-state index is 1.36. The van der Waals surface area contributed by atoms with Gasteiger partial charge in [0.05, 0.1) is 0 Å². The Kier molecular flexibility index (Phi) is 18.0. The van der Waals surface area contributed by atoms with Crippen LogP contribution in [0.1, 0.15) is 123 Å². The Morgan fingerprint density at radius 2 is 0.579 bits per heavy atom. The second-order valence-electron chi connectivity index (χ2n) is 6.30. The predicted octanol–water partition coefficient (Wildman–Crippen LogP) is 7.66. The first-order valence-corrected chi connectivity index (χ1v) is 9.41. The van der Waals surface area contributed by atoms with E-state index in [-0.39, 0.29) is 0 Å². The molecule has 2 saturated carbocycles. The molecule has 2 rings (SSSR count). The van der Waals surface area contributed by atoms with Crippen molar-refractivity contribution < 1.29 is 0 Å². The Morgan fingerprint density at radius 3 is 0.737 bits per heavy atom. The van der Waals surface area contributed by atoms with Crippen LogP contribution in [-0.2, 0) is 0 Å². The maximum atomic E-state index is 2.26. The molecule has 0 bridgehead atoms. The van der Waals surface area contributed by atoms with E-state index in [9.17, 15) is 0 Å². The summed E-state index contributed by atoms with van der Waals surface area (Å²) < 4.78 is 0. The van der Waals surface area contributed by atoms with Crippen LogP contribution in [0, 0.1) is 0 Å². The summed E-state index contributed by atoms with van der Waals surface area (Å²) in [4.78, 5) is 0. The molecule has 0 amide bonds. The largest absolute Gasteiger partial charge is 0.0654 e. The van der Waals surface area contributed by atoms with Crippen molar-refractivity contribution >= 4 is 0 Å². The second-order valence-corrected chi connectivity index (χ2v) is 6.30. The molecule has 0 aromatic carbocycles. The van der Waals surface area contributed by atoms with E-state index < -0.39 is 0 Å². The molecule has 0 aromatic heterocycles. The highest BCUT2D eigenvalue weighted by molar-refractivity contribution is 4.51. The van der Waals surface area contributed by atoms with Gasteiger partial charge < -0.3 is 0 Å². The van der Waals surface area contributed by atoms with Gasteiger partial charge in [-0.05, 0) is 0 Å². The highest BCUT2D eigenvalue weighted by Crippen LogP contribution is 2.15. The molecule has 0 nitrogen and oxygen atoms in total. The smallest absolute Gasteiger partial charge is 0.0533 e. The van der Waals surface area contributed by atoms with Gasteiger partial charge in [0.15, 0.2) is 0 Å². The summed E-state index contributed by atoms with van der Waals surface area (Å²) in [5, 5.41) is 0. The zero-order valence-electron chi connectivity index (χ0n) is 14.0. The third-order valence-electron chi connectivity index (χ3n) is 4.21. The summed E-state index contributed by atoms with van der Waals surface area (Å²) in [6, 6.07) is 0. The molecule has 0 N–H and O–H groups in total. The van der Waals surface area contributed by atoms with Crippen LogP contribution >= 0.6 is 0 Å². The normalized spacial score (nSPS) is 18.0. The van der Waals surface area contributed by atoms with Crippen LogP contribution in [0.25, 0.3) is 0 Å². The Labute approximate surface area is 123 Å². The predicted molar refractivity (Wildman–Crippen MR) is 89.8 cm³/mol. The first-order valence-electron chi connectivity index (χ1n) is 9.41. The van der Waals surface area contributed by atoms with E-state index in [0.29, 0.717) is 0 Å². The lowest BCUT2D eigenvalue weighted by Crippen LogP contribution is -1.85. The number of hydrogen-bond donors (Lipinski definition) is 0. The standard InChI is InChI=1S/C8H18.C6H12.C5H10/c1-3-5-7-8-6-4-2;1-2-4-6-5-3-1;1-2-4-5-3-1/h3-8H2,1-2H3;1-6H2;1-5H2. The van der Waals surface area contributed by atoms with Gasteiger partial charge in [0.1, 0.15) is 0 Å². The van der Waals surface area contributed by atoms with Crippen molar-refractivity contribution in [3.63, 3.8) is 0 Å². The van der Waals surface area contributed by atoms with Gasteiger partial charge in [-0.1, -0.05) is 123 Å². The summed E-state index contributed by atoms with van der Waals surface area (Å²) >= 11 is 0. The third-order valence-corrected chi connectivity index (χ3v) is 4.21. The van der Waals surface area contributed by atoms with E-state index in [1.807, 2.05) is 0 Å². The van der Waals surface area contributed by atoms with Crippen LogP contribution < -0.4 is 0 Å². The molecule has 0 heteroatoms. The highest BCUT2D eigenvalue weighted by Gasteiger charge is 1.96. The highest BCUT2D eigenvalue weighted by atomic mass is 14.0. The molecular weight excluding hydrogens is 228 g/mol. The van der Waals surface area contributed by atoms with Gasteiger partial charge in [-0.15, -0.1) is 0 Å². The molecule has 19 heavy (non-hydrogen) atoms. The van der Waals surface area contributed by atoms with Gasteiger partial charge in [-0.3, -0.25) is 0 Å². The van der Waals surface area contributed by atoms with E-state index >= 15 is 0 Å². The molecule has 0 aliphatic heterocycles.